The Morgan fingerprint density at radius 2 is 2.41 bits per heavy atom. The molecule has 1 aliphatic rings. The van der Waals surface area contributed by atoms with Crippen molar-refractivity contribution < 1.29 is 18.7 Å². The second-order valence-electron chi connectivity index (χ2n) is 5.11. The van der Waals surface area contributed by atoms with Crippen molar-refractivity contribution in [3.63, 3.8) is 0 Å². The number of H-pyrrole nitrogens is 1. The van der Waals surface area contributed by atoms with Crippen LogP contribution in [-0.2, 0) is 16.0 Å². The fourth-order valence-electron chi connectivity index (χ4n) is 2.35. The molecule has 2 N–H and O–H groups in total. The highest BCUT2D eigenvalue weighted by Gasteiger charge is 2.31. The highest BCUT2D eigenvalue weighted by atomic mass is 19.1. The Morgan fingerprint density at radius 1 is 1.50 bits per heavy atom. The number of carbonyl (C=O) groups excluding carboxylic acids is 1. The summed E-state index contributed by atoms with van der Waals surface area (Å²) >= 11 is 0. The molecule has 0 bridgehead atoms. The van der Waals surface area contributed by atoms with E-state index >= 15 is 0 Å². The molecular weight excluding hydrogens is 289 g/mol. The van der Waals surface area contributed by atoms with Gasteiger partial charge in [-0.15, -0.1) is 0 Å². The zero-order valence-corrected chi connectivity index (χ0v) is 11.8. The first-order chi connectivity index (χ1) is 10.7. The van der Waals surface area contributed by atoms with Crippen molar-refractivity contribution in [2.75, 3.05) is 13.2 Å². The Hall–Kier alpha value is -2.41. The summed E-state index contributed by atoms with van der Waals surface area (Å²) in [5, 5.41) is 9.33. The molecule has 22 heavy (non-hydrogen) atoms. The number of aromatic nitrogens is 2. The van der Waals surface area contributed by atoms with E-state index < -0.39 is 0 Å². The van der Waals surface area contributed by atoms with Crippen LogP contribution in [0.2, 0.25) is 0 Å². The van der Waals surface area contributed by atoms with Crippen LogP contribution >= 0.6 is 0 Å². The number of benzene rings is 1. The van der Waals surface area contributed by atoms with Crippen LogP contribution in [0.5, 0.6) is 5.75 Å². The average Bonchev–Trinajstić information content (AvgIpc) is 3.12. The van der Waals surface area contributed by atoms with Gasteiger partial charge in [-0.2, -0.15) is 5.10 Å². The molecule has 0 radical (unpaired) electrons. The minimum absolute atomic E-state index is 0.118. The third kappa shape index (κ3) is 3.62. The monoisotopic (exact) mass is 305 g/mol. The summed E-state index contributed by atoms with van der Waals surface area (Å²) in [6, 6.07) is 5.76. The van der Waals surface area contributed by atoms with Crippen LogP contribution in [0.25, 0.3) is 0 Å². The molecule has 2 aromatic rings. The molecule has 0 saturated carbocycles. The lowest BCUT2D eigenvalue weighted by Gasteiger charge is -2.19. The van der Waals surface area contributed by atoms with Crippen molar-refractivity contribution >= 4 is 5.91 Å². The maximum absolute atomic E-state index is 13.1. The molecule has 1 fully saturated rings. The lowest BCUT2D eigenvalue weighted by atomic mass is 10.1. The molecule has 116 valence electrons. The predicted octanol–water partition coefficient (Wildman–Crippen LogP) is 1.05. The Kier molecular flexibility index (Phi) is 4.34. The number of nitrogens with one attached hydrogen (secondary N) is 2. The van der Waals surface area contributed by atoms with E-state index in [-0.39, 0.29) is 30.3 Å². The predicted molar refractivity (Wildman–Crippen MR) is 75.9 cm³/mol. The third-order valence-corrected chi connectivity index (χ3v) is 3.39. The van der Waals surface area contributed by atoms with E-state index in [0.29, 0.717) is 24.5 Å². The van der Waals surface area contributed by atoms with Crippen LogP contribution in [0, 0.1) is 5.82 Å². The van der Waals surface area contributed by atoms with Gasteiger partial charge in [-0.05, 0) is 17.7 Å². The zero-order valence-electron chi connectivity index (χ0n) is 11.8. The number of nitrogens with zero attached hydrogens (tertiary/aromatic N) is 1. The number of amides is 1. The van der Waals surface area contributed by atoms with Crippen molar-refractivity contribution in [2.24, 2.45) is 0 Å². The SMILES string of the molecule is O=C(Cc1cccc(F)c1)N[C@H]1COC[C@H]1Oc1cn[nH]c1. The molecule has 1 amide bonds. The number of hydrogen-bond acceptors (Lipinski definition) is 4. The summed E-state index contributed by atoms with van der Waals surface area (Å²) < 4.78 is 24.2. The van der Waals surface area contributed by atoms with E-state index in [9.17, 15) is 9.18 Å². The van der Waals surface area contributed by atoms with Gasteiger partial charge in [0.2, 0.25) is 5.91 Å². The van der Waals surface area contributed by atoms with E-state index in [1.165, 1.54) is 12.1 Å². The molecular formula is C15H16FN3O3. The number of rotatable bonds is 5. The molecule has 2 atom stereocenters. The second kappa shape index (κ2) is 6.57. The summed E-state index contributed by atoms with van der Waals surface area (Å²) in [7, 11) is 0. The summed E-state index contributed by atoms with van der Waals surface area (Å²) in [6.07, 6.45) is 3.04. The number of halogens is 1. The van der Waals surface area contributed by atoms with Gasteiger partial charge < -0.3 is 14.8 Å². The van der Waals surface area contributed by atoms with Crippen molar-refractivity contribution in [3.8, 4) is 5.75 Å². The molecule has 7 heteroatoms. The first-order valence-corrected chi connectivity index (χ1v) is 6.98. The van der Waals surface area contributed by atoms with Gasteiger partial charge in [0.15, 0.2) is 5.75 Å². The van der Waals surface area contributed by atoms with Crippen molar-refractivity contribution in [2.45, 2.75) is 18.6 Å². The summed E-state index contributed by atoms with van der Waals surface area (Å²) in [5.74, 6) is 0.0532. The van der Waals surface area contributed by atoms with Crippen molar-refractivity contribution in [3.05, 3.63) is 48.0 Å². The van der Waals surface area contributed by atoms with Gasteiger partial charge in [0.05, 0.1) is 38.1 Å². The minimum atomic E-state index is -0.351. The van der Waals surface area contributed by atoms with Crippen molar-refractivity contribution in [1.29, 1.82) is 0 Å². The quantitative estimate of drug-likeness (QED) is 0.866. The Labute approximate surface area is 126 Å². The van der Waals surface area contributed by atoms with Crippen LogP contribution in [0.3, 0.4) is 0 Å². The van der Waals surface area contributed by atoms with E-state index in [2.05, 4.69) is 15.5 Å². The van der Waals surface area contributed by atoms with E-state index in [1.54, 1.807) is 24.5 Å². The molecule has 1 aromatic heterocycles. The summed E-state index contributed by atoms with van der Waals surface area (Å²) in [5.41, 5.74) is 0.628. The topological polar surface area (TPSA) is 76.2 Å². The smallest absolute Gasteiger partial charge is 0.224 e. The molecule has 2 heterocycles. The number of ether oxygens (including phenoxy) is 2. The summed E-state index contributed by atoms with van der Waals surface area (Å²) in [4.78, 5) is 12.1. The first-order valence-electron chi connectivity index (χ1n) is 6.98. The van der Waals surface area contributed by atoms with E-state index in [0.717, 1.165) is 0 Å². The highest BCUT2D eigenvalue weighted by Crippen LogP contribution is 2.15. The largest absolute Gasteiger partial charge is 0.482 e. The first kappa shape index (κ1) is 14.5. The third-order valence-electron chi connectivity index (χ3n) is 3.39. The van der Waals surface area contributed by atoms with Gasteiger partial charge in [-0.3, -0.25) is 9.89 Å². The molecule has 1 aromatic carbocycles. The second-order valence-corrected chi connectivity index (χ2v) is 5.11. The molecule has 0 unspecified atom stereocenters. The molecule has 3 rings (SSSR count). The summed E-state index contributed by atoms with van der Waals surface area (Å²) in [6.45, 7) is 0.785. The minimum Gasteiger partial charge on any atom is -0.482 e. The molecule has 0 spiro atoms. The number of carbonyl (C=O) groups is 1. The Balaban J connectivity index is 1.56. The lowest BCUT2D eigenvalue weighted by Crippen LogP contribution is -2.45. The van der Waals surface area contributed by atoms with Gasteiger partial charge in [-0.25, -0.2) is 4.39 Å². The van der Waals surface area contributed by atoms with Crippen molar-refractivity contribution in [1.82, 2.24) is 15.5 Å². The van der Waals surface area contributed by atoms with Gasteiger partial charge in [0.1, 0.15) is 11.9 Å². The van der Waals surface area contributed by atoms with Gasteiger partial charge >= 0.3 is 0 Å². The Morgan fingerprint density at radius 3 is 3.18 bits per heavy atom. The maximum atomic E-state index is 13.1. The highest BCUT2D eigenvalue weighted by molar-refractivity contribution is 5.79. The maximum Gasteiger partial charge on any atom is 0.224 e. The molecule has 6 nitrogen and oxygen atoms in total. The van der Waals surface area contributed by atoms with Crippen LogP contribution in [-0.4, -0.2) is 41.5 Å². The van der Waals surface area contributed by atoms with Gasteiger partial charge in [0.25, 0.3) is 0 Å². The van der Waals surface area contributed by atoms with Crippen LogP contribution < -0.4 is 10.1 Å². The van der Waals surface area contributed by atoms with Gasteiger partial charge in [0, 0.05) is 0 Å². The molecule has 1 aliphatic heterocycles. The average molecular weight is 305 g/mol. The normalized spacial score (nSPS) is 20.8. The standard InChI is InChI=1S/C15H16FN3O3/c16-11-3-1-2-10(4-11)5-15(20)19-13-8-21-9-14(13)22-12-6-17-18-7-12/h1-4,6-7,13-14H,5,8-9H2,(H,17,18)(H,19,20)/t13-,14+/m0/s1. The molecule has 0 aliphatic carbocycles. The number of hydrogen-bond donors (Lipinski definition) is 2. The van der Waals surface area contributed by atoms with E-state index in [4.69, 9.17) is 9.47 Å². The number of aromatic amines is 1. The van der Waals surface area contributed by atoms with Gasteiger partial charge in [-0.1, -0.05) is 12.1 Å². The van der Waals surface area contributed by atoms with Crippen LogP contribution in [0.4, 0.5) is 4.39 Å². The van der Waals surface area contributed by atoms with Crippen LogP contribution in [0.15, 0.2) is 36.7 Å². The zero-order chi connectivity index (χ0) is 15.4. The fourth-order valence-corrected chi connectivity index (χ4v) is 2.35. The molecule has 1 saturated heterocycles. The fraction of sp³-hybridized carbons (Fsp3) is 0.333. The van der Waals surface area contributed by atoms with Crippen LogP contribution in [0.1, 0.15) is 5.56 Å². The Bertz CT molecular complexity index is 633. The lowest BCUT2D eigenvalue weighted by molar-refractivity contribution is -0.121. The van der Waals surface area contributed by atoms with E-state index in [1.807, 2.05) is 0 Å².